The number of para-hydroxylation sites is 1. The van der Waals surface area contributed by atoms with Crippen molar-refractivity contribution in [3.63, 3.8) is 0 Å². The molecule has 28 heavy (non-hydrogen) atoms. The van der Waals surface area contributed by atoms with Crippen LogP contribution < -0.4 is 15.2 Å². The zero-order valence-corrected chi connectivity index (χ0v) is 16.3. The molecule has 140 valence electrons. The number of nitrogen functional groups attached to an aromatic ring is 1. The van der Waals surface area contributed by atoms with Gasteiger partial charge in [0.1, 0.15) is 23.2 Å². The molecule has 1 aliphatic rings. The highest BCUT2D eigenvalue weighted by Gasteiger charge is 2.30. The van der Waals surface area contributed by atoms with Gasteiger partial charge in [-0.05, 0) is 37.6 Å². The molecule has 0 spiro atoms. The first-order valence-electron chi connectivity index (χ1n) is 8.94. The maximum Gasteiger partial charge on any atom is 0.222 e. The highest BCUT2D eigenvalue weighted by Crippen LogP contribution is 2.38. The number of benzene rings is 2. The summed E-state index contributed by atoms with van der Waals surface area (Å²) < 4.78 is 13.0. The molecule has 0 unspecified atom stereocenters. The van der Waals surface area contributed by atoms with Crippen LogP contribution in [0.3, 0.4) is 0 Å². The van der Waals surface area contributed by atoms with E-state index in [4.69, 9.17) is 15.2 Å². The number of rotatable bonds is 3. The van der Waals surface area contributed by atoms with Crippen molar-refractivity contribution in [2.45, 2.75) is 25.9 Å². The average molecular weight is 390 g/mol. The van der Waals surface area contributed by atoms with E-state index in [0.29, 0.717) is 16.8 Å². The lowest BCUT2D eigenvalue weighted by Crippen LogP contribution is -2.24. The van der Waals surface area contributed by atoms with Crippen molar-refractivity contribution in [1.29, 1.82) is 0 Å². The lowest BCUT2D eigenvalue weighted by Gasteiger charge is -2.16. The van der Waals surface area contributed by atoms with Gasteiger partial charge in [0.25, 0.3) is 0 Å². The van der Waals surface area contributed by atoms with Crippen molar-refractivity contribution in [2.75, 3.05) is 5.73 Å². The number of fused-ring (bicyclic) bond motifs is 2. The number of hydrogen-bond donors (Lipinski definition) is 1. The molecular weight excluding hydrogens is 372 g/mol. The van der Waals surface area contributed by atoms with Crippen molar-refractivity contribution in [3.05, 3.63) is 54.4 Å². The second-order valence-corrected chi connectivity index (χ2v) is 8.42. The summed E-state index contributed by atoms with van der Waals surface area (Å²) in [5, 5.41) is 0.510. The fourth-order valence-electron chi connectivity index (χ4n) is 3.44. The maximum absolute atomic E-state index is 6.04. The van der Waals surface area contributed by atoms with Crippen LogP contribution in [0.25, 0.3) is 21.5 Å². The van der Waals surface area contributed by atoms with Gasteiger partial charge in [-0.1, -0.05) is 29.5 Å². The van der Waals surface area contributed by atoms with Crippen LogP contribution in [0.1, 0.15) is 19.4 Å². The van der Waals surface area contributed by atoms with Gasteiger partial charge in [0, 0.05) is 18.1 Å². The number of thiazole rings is 1. The standard InChI is InChI=1S/C21H18N4O2S/c1-21(2)10-13-7-6-12(8-16(13)27-21)14-9-18(24-11-23-14)26-15-4-3-5-17-19(15)25-20(22)28-17/h3-9,11H,10H2,1-2H3,(H2,22,25). The van der Waals surface area contributed by atoms with E-state index in [1.54, 1.807) is 0 Å². The van der Waals surface area contributed by atoms with E-state index < -0.39 is 0 Å². The number of anilines is 1. The molecule has 0 fully saturated rings. The van der Waals surface area contributed by atoms with Gasteiger partial charge in [0.15, 0.2) is 10.9 Å². The lowest BCUT2D eigenvalue weighted by atomic mass is 10.0. The summed E-state index contributed by atoms with van der Waals surface area (Å²) in [4.78, 5) is 13.0. The lowest BCUT2D eigenvalue weighted by molar-refractivity contribution is 0.138. The molecule has 3 heterocycles. The van der Waals surface area contributed by atoms with Crippen LogP contribution in [-0.4, -0.2) is 20.6 Å². The average Bonchev–Trinajstić information content (AvgIpc) is 3.19. The Labute approximate surface area is 166 Å². The molecule has 2 N–H and O–H groups in total. The van der Waals surface area contributed by atoms with E-state index >= 15 is 0 Å². The van der Waals surface area contributed by atoms with Gasteiger partial charge in [-0.3, -0.25) is 0 Å². The summed E-state index contributed by atoms with van der Waals surface area (Å²) in [5.41, 5.74) is 9.34. The molecular formula is C21H18N4O2S. The first kappa shape index (κ1) is 16.9. The van der Waals surface area contributed by atoms with Gasteiger partial charge in [-0.15, -0.1) is 0 Å². The number of aromatic nitrogens is 3. The van der Waals surface area contributed by atoms with Crippen LogP contribution >= 0.6 is 11.3 Å². The Hall–Kier alpha value is -3.19. The summed E-state index contributed by atoms with van der Waals surface area (Å²) in [6.45, 7) is 4.18. The fraction of sp³-hybridized carbons (Fsp3) is 0.190. The quantitative estimate of drug-likeness (QED) is 0.539. The number of ether oxygens (including phenoxy) is 2. The van der Waals surface area contributed by atoms with Gasteiger partial charge in [-0.25, -0.2) is 15.0 Å². The van der Waals surface area contributed by atoms with E-state index in [2.05, 4.69) is 40.9 Å². The van der Waals surface area contributed by atoms with Crippen LogP contribution in [0.15, 0.2) is 48.8 Å². The third-order valence-electron chi connectivity index (χ3n) is 4.62. The second kappa shape index (κ2) is 6.17. The molecule has 0 saturated heterocycles. The van der Waals surface area contributed by atoms with Crippen molar-refractivity contribution in [1.82, 2.24) is 15.0 Å². The van der Waals surface area contributed by atoms with E-state index in [1.165, 1.54) is 23.2 Å². The van der Waals surface area contributed by atoms with E-state index in [0.717, 1.165) is 33.6 Å². The van der Waals surface area contributed by atoms with Gasteiger partial charge >= 0.3 is 0 Å². The Morgan fingerprint density at radius 3 is 2.93 bits per heavy atom. The summed E-state index contributed by atoms with van der Waals surface area (Å²) >= 11 is 1.43. The van der Waals surface area contributed by atoms with Gasteiger partial charge in [0.2, 0.25) is 5.88 Å². The third kappa shape index (κ3) is 3.03. The molecule has 2 aromatic carbocycles. The topological polar surface area (TPSA) is 83.2 Å². The normalized spacial score (nSPS) is 14.6. The number of nitrogens with zero attached hydrogens (tertiary/aromatic N) is 3. The molecule has 5 rings (SSSR count). The molecule has 0 aliphatic carbocycles. The molecule has 0 atom stereocenters. The van der Waals surface area contributed by atoms with Crippen molar-refractivity contribution >= 4 is 26.7 Å². The molecule has 0 bridgehead atoms. The molecule has 2 aromatic heterocycles. The Balaban J connectivity index is 1.47. The maximum atomic E-state index is 6.04. The Morgan fingerprint density at radius 2 is 2.04 bits per heavy atom. The SMILES string of the molecule is CC1(C)Cc2ccc(-c3cc(Oc4cccc5sc(N)nc45)ncn3)cc2O1. The molecule has 0 radical (unpaired) electrons. The highest BCUT2D eigenvalue weighted by molar-refractivity contribution is 7.22. The van der Waals surface area contributed by atoms with E-state index in [-0.39, 0.29) is 5.60 Å². The zero-order chi connectivity index (χ0) is 19.3. The molecule has 6 nitrogen and oxygen atoms in total. The van der Waals surface area contributed by atoms with Crippen LogP contribution in [0.4, 0.5) is 5.13 Å². The van der Waals surface area contributed by atoms with E-state index in [1.807, 2.05) is 30.3 Å². The second-order valence-electron chi connectivity index (χ2n) is 7.36. The van der Waals surface area contributed by atoms with Crippen molar-refractivity contribution < 1.29 is 9.47 Å². The summed E-state index contributed by atoms with van der Waals surface area (Å²) in [6.07, 6.45) is 2.40. The van der Waals surface area contributed by atoms with Gasteiger partial charge in [0.05, 0.1) is 10.4 Å². The Kier molecular flexibility index (Phi) is 3.73. The monoisotopic (exact) mass is 390 g/mol. The largest absolute Gasteiger partial charge is 0.487 e. The molecule has 7 heteroatoms. The van der Waals surface area contributed by atoms with E-state index in [9.17, 15) is 0 Å². The van der Waals surface area contributed by atoms with Crippen molar-refractivity contribution in [2.24, 2.45) is 0 Å². The summed E-state index contributed by atoms with van der Waals surface area (Å²) in [6, 6.07) is 13.7. The third-order valence-corrected chi connectivity index (χ3v) is 5.47. The molecule has 1 aliphatic heterocycles. The van der Waals surface area contributed by atoms with Gasteiger partial charge < -0.3 is 15.2 Å². The Bertz CT molecular complexity index is 1200. The fourth-order valence-corrected chi connectivity index (χ4v) is 4.19. The minimum Gasteiger partial charge on any atom is -0.487 e. The smallest absolute Gasteiger partial charge is 0.222 e. The predicted octanol–water partition coefficient (Wildman–Crippen LogP) is 4.84. The first-order valence-corrected chi connectivity index (χ1v) is 9.76. The van der Waals surface area contributed by atoms with Crippen LogP contribution in [0, 0.1) is 0 Å². The van der Waals surface area contributed by atoms with Crippen LogP contribution in [0.5, 0.6) is 17.4 Å². The highest BCUT2D eigenvalue weighted by atomic mass is 32.1. The van der Waals surface area contributed by atoms with Crippen LogP contribution in [0.2, 0.25) is 0 Å². The van der Waals surface area contributed by atoms with Gasteiger partial charge in [-0.2, -0.15) is 0 Å². The minimum atomic E-state index is -0.172. The number of hydrogen-bond acceptors (Lipinski definition) is 7. The molecule has 0 saturated carbocycles. The Morgan fingerprint density at radius 1 is 1.14 bits per heavy atom. The zero-order valence-electron chi connectivity index (χ0n) is 15.5. The summed E-state index contributed by atoms with van der Waals surface area (Å²) in [7, 11) is 0. The molecule has 0 amide bonds. The summed E-state index contributed by atoms with van der Waals surface area (Å²) in [5.74, 6) is 1.98. The van der Waals surface area contributed by atoms with Crippen molar-refractivity contribution in [3.8, 4) is 28.6 Å². The number of nitrogens with two attached hydrogens (primary N) is 1. The first-order chi connectivity index (χ1) is 13.5. The molecule has 4 aromatic rings. The van der Waals surface area contributed by atoms with Crippen LogP contribution in [-0.2, 0) is 6.42 Å². The minimum absolute atomic E-state index is 0.172. The predicted molar refractivity (Wildman–Crippen MR) is 110 cm³/mol.